The molecule has 2 unspecified atom stereocenters. The molecule has 1 saturated carbocycles. The predicted molar refractivity (Wildman–Crippen MR) is 58.2 cm³/mol. The Morgan fingerprint density at radius 2 is 1.87 bits per heavy atom. The molecule has 3 rings (SSSR count). The molecule has 0 spiro atoms. The predicted octanol–water partition coefficient (Wildman–Crippen LogP) is 1.96. The molecule has 15 heavy (non-hydrogen) atoms. The summed E-state index contributed by atoms with van der Waals surface area (Å²) in [6, 6.07) is 7.27. The maximum Gasteiger partial charge on any atom is 0.237 e. The molecule has 1 aromatic rings. The number of imide groups is 1. The number of hydrogen-bond donors (Lipinski definition) is 0. The van der Waals surface area contributed by atoms with Crippen molar-refractivity contribution < 1.29 is 9.59 Å². The molecule has 4 heteroatoms. The van der Waals surface area contributed by atoms with E-state index in [9.17, 15) is 9.59 Å². The fourth-order valence-electron chi connectivity index (χ4n) is 2.05. The van der Waals surface area contributed by atoms with Crippen molar-refractivity contribution in [2.45, 2.75) is 6.42 Å². The normalized spacial score (nSPS) is 28.2. The average molecular weight is 266 g/mol. The molecule has 0 aromatic heterocycles. The molecule has 0 N–H and O–H groups in total. The van der Waals surface area contributed by atoms with Crippen molar-refractivity contribution in [1.29, 1.82) is 0 Å². The molecule has 1 aromatic carbocycles. The summed E-state index contributed by atoms with van der Waals surface area (Å²) >= 11 is 3.33. The van der Waals surface area contributed by atoms with Crippen molar-refractivity contribution in [2.75, 3.05) is 4.90 Å². The Labute approximate surface area is 95.2 Å². The number of anilines is 1. The summed E-state index contributed by atoms with van der Waals surface area (Å²) in [7, 11) is 0. The van der Waals surface area contributed by atoms with E-state index in [2.05, 4.69) is 15.9 Å². The van der Waals surface area contributed by atoms with Gasteiger partial charge in [-0.05, 0) is 24.6 Å². The van der Waals surface area contributed by atoms with Gasteiger partial charge >= 0.3 is 0 Å². The Morgan fingerprint density at radius 3 is 2.47 bits per heavy atom. The molecule has 1 aliphatic heterocycles. The number of amides is 2. The summed E-state index contributed by atoms with van der Waals surface area (Å²) in [6.07, 6.45) is 0.752. The lowest BCUT2D eigenvalue weighted by molar-refractivity contribution is -0.123. The van der Waals surface area contributed by atoms with Gasteiger partial charge in [-0.2, -0.15) is 0 Å². The van der Waals surface area contributed by atoms with E-state index < -0.39 is 0 Å². The topological polar surface area (TPSA) is 37.4 Å². The van der Waals surface area contributed by atoms with E-state index in [4.69, 9.17) is 0 Å². The number of fused-ring (bicyclic) bond motifs is 1. The summed E-state index contributed by atoms with van der Waals surface area (Å²) in [5.74, 6) is -0.140. The van der Waals surface area contributed by atoms with Crippen LogP contribution in [0.1, 0.15) is 6.42 Å². The van der Waals surface area contributed by atoms with Gasteiger partial charge in [0.15, 0.2) is 0 Å². The Balaban J connectivity index is 2.01. The Hall–Kier alpha value is -1.16. The van der Waals surface area contributed by atoms with Crippen LogP contribution in [0.25, 0.3) is 0 Å². The number of benzene rings is 1. The van der Waals surface area contributed by atoms with Gasteiger partial charge in [0.25, 0.3) is 0 Å². The summed E-state index contributed by atoms with van der Waals surface area (Å²) < 4.78 is 0.876. The lowest BCUT2D eigenvalue weighted by Gasteiger charge is -2.16. The lowest BCUT2D eigenvalue weighted by Crippen LogP contribution is -2.32. The standard InChI is InChI=1S/C11H8BrNO2/c12-6-2-1-3-7(4-6)13-10(14)8-5-9(8)11(13)15/h1-4,8-9H,5H2. The highest BCUT2D eigenvalue weighted by molar-refractivity contribution is 9.10. The zero-order chi connectivity index (χ0) is 10.6. The van der Waals surface area contributed by atoms with Gasteiger partial charge in [-0.15, -0.1) is 0 Å². The van der Waals surface area contributed by atoms with Crippen LogP contribution in [0.5, 0.6) is 0 Å². The summed E-state index contributed by atoms with van der Waals surface area (Å²) in [5, 5.41) is 0. The fraction of sp³-hybridized carbons (Fsp3) is 0.273. The minimum Gasteiger partial charge on any atom is -0.274 e. The van der Waals surface area contributed by atoms with Gasteiger partial charge in [-0.3, -0.25) is 14.5 Å². The molecule has 0 bridgehead atoms. The van der Waals surface area contributed by atoms with Crippen LogP contribution >= 0.6 is 15.9 Å². The lowest BCUT2D eigenvalue weighted by atomic mass is 10.3. The molecule has 2 atom stereocenters. The van der Waals surface area contributed by atoms with Gasteiger partial charge in [-0.1, -0.05) is 22.0 Å². The van der Waals surface area contributed by atoms with Crippen LogP contribution in [0.3, 0.4) is 0 Å². The van der Waals surface area contributed by atoms with Gasteiger partial charge in [-0.25, -0.2) is 0 Å². The second-order valence-electron chi connectivity index (χ2n) is 3.94. The average Bonchev–Trinajstić information content (AvgIpc) is 2.92. The first-order valence-corrected chi connectivity index (χ1v) is 5.61. The fourth-order valence-corrected chi connectivity index (χ4v) is 2.44. The first-order chi connectivity index (χ1) is 7.18. The highest BCUT2D eigenvalue weighted by atomic mass is 79.9. The molecule has 1 aliphatic carbocycles. The number of halogens is 1. The Bertz CT molecular complexity index is 451. The highest BCUT2D eigenvalue weighted by Gasteiger charge is 2.59. The van der Waals surface area contributed by atoms with Crippen LogP contribution in [0.4, 0.5) is 5.69 Å². The second kappa shape index (κ2) is 2.92. The molecular formula is C11H8BrNO2. The molecule has 0 radical (unpaired) electrons. The molecular weight excluding hydrogens is 258 g/mol. The summed E-state index contributed by atoms with van der Waals surface area (Å²) in [6.45, 7) is 0. The molecule has 1 saturated heterocycles. The number of carbonyl (C=O) groups excluding carboxylic acids is 2. The van der Waals surface area contributed by atoms with Crippen LogP contribution in [0, 0.1) is 11.8 Å². The van der Waals surface area contributed by atoms with E-state index in [0.717, 1.165) is 10.9 Å². The first kappa shape index (κ1) is 9.09. The minimum absolute atomic E-state index is 0.0310. The highest BCUT2D eigenvalue weighted by Crippen LogP contribution is 2.48. The number of hydrogen-bond acceptors (Lipinski definition) is 2. The largest absolute Gasteiger partial charge is 0.274 e. The van der Waals surface area contributed by atoms with Gasteiger partial charge in [0.05, 0.1) is 17.5 Å². The van der Waals surface area contributed by atoms with Crippen LogP contribution in [-0.4, -0.2) is 11.8 Å². The van der Waals surface area contributed by atoms with Gasteiger partial charge < -0.3 is 0 Å². The molecule has 2 aliphatic rings. The van der Waals surface area contributed by atoms with Crippen molar-refractivity contribution in [2.24, 2.45) is 11.8 Å². The monoisotopic (exact) mass is 265 g/mol. The van der Waals surface area contributed by atoms with Crippen LogP contribution in [0.15, 0.2) is 28.7 Å². The van der Waals surface area contributed by atoms with E-state index in [-0.39, 0.29) is 23.7 Å². The van der Waals surface area contributed by atoms with Gasteiger partial charge in [0.2, 0.25) is 11.8 Å². The smallest absolute Gasteiger partial charge is 0.237 e. The Kier molecular flexibility index (Phi) is 1.77. The summed E-state index contributed by atoms with van der Waals surface area (Å²) in [4.78, 5) is 24.8. The number of nitrogens with zero attached hydrogens (tertiary/aromatic N) is 1. The number of piperidine rings is 1. The van der Waals surface area contributed by atoms with Gasteiger partial charge in [0, 0.05) is 4.47 Å². The van der Waals surface area contributed by atoms with E-state index in [1.54, 1.807) is 12.1 Å². The van der Waals surface area contributed by atoms with E-state index >= 15 is 0 Å². The molecule has 76 valence electrons. The second-order valence-corrected chi connectivity index (χ2v) is 4.86. The van der Waals surface area contributed by atoms with E-state index in [1.165, 1.54) is 4.90 Å². The minimum atomic E-state index is -0.0388. The molecule has 2 fully saturated rings. The van der Waals surface area contributed by atoms with Gasteiger partial charge in [0.1, 0.15) is 0 Å². The third kappa shape index (κ3) is 1.24. The van der Waals surface area contributed by atoms with Crippen molar-refractivity contribution in [3.63, 3.8) is 0 Å². The maximum atomic E-state index is 11.8. The van der Waals surface area contributed by atoms with Crippen molar-refractivity contribution >= 4 is 33.4 Å². The van der Waals surface area contributed by atoms with Crippen molar-refractivity contribution in [1.82, 2.24) is 0 Å². The molecule has 2 amide bonds. The van der Waals surface area contributed by atoms with Crippen LogP contribution in [-0.2, 0) is 9.59 Å². The number of carbonyl (C=O) groups is 2. The molecule has 1 heterocycles. The van der Waals surface area contributed by atoms with E-state index in [1.807, 2.05) is 12.1 Å². The SMILES string of the molecule is O=C1C2CC2C(=O)N1c1cccc(Br)c1. The Morgan fingerprint density at radius 1 is 1.20 bits per heavy atom. The molecule has 3 nitrogen and oxygen atoms in total. The van der Waals surface area contributed by atoms with Crippen LogP contribution < -0.4 is 4.90 Å². The third-order valence-electron chi connectivity index (χ3n) is 2.93. The third-order valence-corrected chi connectivity index (χ3v) is 3.43. The zero-order valence-electron chi connectivity index (χ0n) is 7.81. The number of rotatable bonds is 1. The zero-order valence-corrected chi connectivity index (χ0v) is 9.40. The quantitative estimate of drug-likeness (QED) is 0.728. The summed E-state index contributed by atoms with van der Waals surface area (Å²) in [5.41, 5.74) is 0.673. The van der Waals surface area contributed by atoms with Crippen LogP contribution in [0.2, 0.25) is 0 Å². The maximum absolute atomic E-state index is 11.8. The van der Waals surface area contributed by atoms with E-state index in [0.29, 0.717) is 5.69 Å². The van der Waals surface area contributed by atoms with Crippen molar-refractivity contribution in [3.8, 4) is 0 Å². The van der Waals surface area contributed by atoms with Crippen molar-refractivity contribution in [3.05, 3.63) is 28.7 Å². The first-order valence-electron chi connectivity index (χ1n) is 4.82.